The van der Waals surface area contributed by atoms with Crippen LogP contribution in [0, 0.1) is 6.92 Å². The van der Waals surface area contributed by atoms with E-state index in [1.165, 1.54) is 0 Å². The van der Waals surface area contributed by atoms with Gasteiger partial charge in [-0.1, -0.05) is 18.2 Å². The summed E-state index contributed by atoms with van der Waals surface area (Å²) in [5, 5.41) is 7.92. The van der Waals surface area contributed by atoms with E-state index >= 15 is 0 Å². The van der Waals surface area contributed by atoms with Crippen LogP contribution in [0.15, 0.2) is 28.7 Å². The number of hydrogen-bond donors (Lipinski definition) is 1. The number of hydrogen-bond acceptors (Lipinski definition) is 4. The molecule has 4 heteroatoms. The van der Waals surface area contributed by atoms with E-state index < -0.39 is 0 Å². The van der Waals surface area contributed by atoms with Crippen molar-refractivity contribution in [2.45, 2.75) is 13.3 Å². The van der Waals surface area contributed by atoms with Crippen LogP contribution in [0.4, 0.5) is 0 Å². The minimum atomic E-state index is 0.523. The van der Waals surface area contributed by atoms with Crippen molar-refractivity contribution >= 4 is 0 Å². The molecule has 1 aromatic carbocycles. The van der Waals surface area contributed by atoms with E-state index in [0.717, 1.165) is 11.1 Å². The molecule has 0 aliphatic rings. The van der Waals surface area contributed by atoms with Crippen molar-refractivity contribution in [2.24, 2.45) is 5.73 Å². The van der Waals surface area contributed by atoms with E-state index in [-0.39, 0.29) is 0 Å². The second kappa shape index (κ2) is 4.23. The lowest BCUT2D eigenvalue weighted by atomic mass is 10.1. The quantitative estimate of drug-likeness (QED) is 0.821. The predicted molar refractivity (Wildman–Crippen MR) is 57.2 cm³/mol. The lowest BCUT2D eigenvalue weighted by molar-refractivity contribution is 0.507. The summed E-state index contributed by atoms with van der Waals surface area (Å²) in [5.41, 5.74) is 7.52. The zero-order chi connectivity index (χ0) is 10.7. The molecule has 0 spiro atoms. The summed E-state index contributed by atoms with van der Waals surface area (Å²) < 4.78 is 5.49. The van der Waals surface area contributed by atoms with Crippen LogP contribution in [0.2, 0.25) is 0 Å². The molecule has 0 aliphatic heterocycles. The van der Waals surface area contributed by atoms with Gasteiger partial charge in [0, 0.05) is 18.5 Å². The monoisotopic (exact) mass is 203 g/mol. The normalized spacial score (nSPS) is 10.5. The van der Waals surface area contributed by atoms with E-state index in [2.05, 4.69) is 10.2 Å². The molecule has 0 saturated heterocycles. The molecule has 2 N–H and O–H groups in total. The summed E-state index contributed by atoms with van der Waals surface area (Å²) in [6, 6.07) is 7.92. The second-order valence-electron chi connectivity index (χ2n) is 3.35. The number of benzene rings is 1. The Balaban J connectivity index is 2.33. The third kappa shape index (κ3) is 2.05. The summed E-state index contributed by atoms with van der Waals surface area (Å²) in [4.78, 5) is 0. The Morgan fingerprint density at radius 1 is 1.27 bits per heavy atom. The highest BCUT2D eigenvalue weighted by Gasteiger charge is 2.09. The van der Waals surface area contributed by atoms with Crippen LogP contribution >= 0.6 is 0 Å². The fourth-order valence-corrected chi connectivity index (χ4v) is 1.40. The molecule has 78 valence electrons. The molecule has 0 unspecified atom stereocenters. The summed E-state index contributed by atoms with van der Waals surface area (Å²) in [6.45, 7) is 2.54. The minimum absolute atomic E-state index is 0.523. The zero-order valence-electron chi connectivity index (χ0n) is 8.60. The summed E-state index contributed by atoms with van der Waals surface area (Å²) in [6.07, 6.45) is 0.624. The van der Waals surface area contributed by atoms with E-state index in [4.69, 9.17) is 10.2 Å². The Labute approximate surface area is 88.1 Å². The van der Waals surface area contributed by atoms with Crippen LogP contribution in [0.3, 0.4) is 0 Å². The molecule has 1 aromatic heterocycles. The highest BCUT2D eigenvalue weighted by Crippen LogP contribution is 2.21. The van der Waals surface area contributed by atoms with Gasteiger partial charge in [0.1, 0.15) is 0 Å². The van der Waals surface area contributed by atoms with Crippen LogP contribution < -0.4 is 5.73 Å². The van der Waals surface area contributed by atoms with Crippen LogP contribution in [0.1, 0.15) is 11.5 Å². The Hall–Kier alpha value is -1.68. The molecule has 4 nitrogen and oxygen atoms in total. The van der Waals surface area contributed by atoms with Crippen molar-refractivity contribution in [3.63, 3.8) is 0 Å². The highest BCUT2D eigenvalue weighted by molar-refractivity contribution is 5.57. The van der Waals surface area contributed by atoms with Crippen molar-refractivity contribution in [3.8, 4) is 11.5 Å². The predicted octanol–water partition coefficient (Wildman–Crippen LogP) is 1.55. The third-order valence-corrected chi connectivity index (χ3v) is 2.20. The summed E-state index contributed by atoms with van der Waals surface area (Å²) in [7, 11) is 0. The maximum atomic E-state index is 5.49. The van der Waals surface area contributed by atoms with Gasteiger partial charge in [0.05, 0.1) is 0 Å². The molecule has 0 atom stereocenters. The molecule has 0 radical (unpaired) electrons. The maximum absolute atomic E-state index is 5.49. The fraction of sp³-hybridized carbons (Fsp3) is 0.273. The first kappa shape index (κ1) is 9.86. The standard InChI is InChI=1S/C11H13N3O/c1-8-4-2-3-5-9(8)11-14-13-10(15-11)6-7-12/h2-5H,6-7,12H2,1H3. The average molecular weight is 203 g/mol. The first-order valence-electron chi connectivity index (χ1n) is 4.89. The van der Waals surface area contributed by atoms with E-state index in [1.807, 2.05) is 31.2 Å². The number of aromatic nitrogens is 2. The summed E-state index contributed by atoms with van der Waals surface area (Å²) in [5.74, 6) is 1.16. The largest absolute Gasteiger partial charge is 0.421 e. The zero-order valence-corrected chi connectivity index (χ0v) is 8.60. The lowest BCUT2D eigenvalue weighted by Gasteiger charge is -1.98. The Morgan fingerprint density at radius 3 is 2.80 bits per heavy atom. The van der Waals surface area contributed by atoms with Gasteiger partial charge in [0.25, 0.3) is 0 Å². The van der Waals surface area contributed by atoms with E-state index in [0.29, 0.717) is 24.7 Å². The Morgan fingerprint density at radius 2 is 2.07 bits per heavy atom. The Bertz CT molecular complexity index is 451. The average Bonchev–Trinajstić information content (AvgIpc) is 2.68. The fourth-order valence-electron chi connectivity index (χ4n) is 1.40. The molecule has 15 heavy (non-hydrogen) atoms. The van der Waals surface area contributed by atoms with Crippen LogP contribution in [0.25, 0.3) is 11.5 Å². The molecule has 1 heterocycles. The van der Waals surface area contributed by atoms with Crippen LogP contribution in [0.5, 0.6) is 0 Å². The maximum Gasteiger partial charge on any atom is 0.247 e. The van der Waals surface area contributed by atoms with Crippen molar-refractivity contribution < 1.29 is 4.42 Å². The second-order valence-corrected chi connectivity index (χ2v) is 3.35. The first-order chi connectivity index (χ1) is 7.31. The molecule has 2 rings (SSSR count). The van der Waals surface area contributed by atoms with Crippen molar-refractivity contribution in [2.75, 3.05) is 6.54 Å². The molecule has 0 aliphatic carbocycles. The van der Waals surface area contributed by atoms with E-state index in [1.54, 1.807) is 0 Å². The van der Waals surface area contributed by atoms with Gasteiger partial charge in [0.2, 0.25) is 11.8 Å². The van der Waals surface area contributed by atoms with Gasteiger partial charge in [-0.15, -0.1) is 10.2 Å². The van der Waals surface area contributed by atoms with Crippen LogP contribution in [-0.4, -0.2) is 16.7 Å². The Kier molecular flexibility index (Phi) is 2.78. The SMILES string of the molecule is Cc1ccccc1-c1nnc(CCN)o1. The smallest absolute Gasteiger partial charge is 0.247 e. The molecular formula is C11H13N3O. The van der Waals surface area contributed by atoms with Gasteiger partial charge < -0.3 is 10.2 Å². The van der Waals surface area contributed by atoms with Gasteiger partial charge in [-0.05, 0) is 18.6 Å². The highest BCUT2D eigenvalue weighted by atomic mass is 16.4. The molecule has 2 aromatic rings. The number of nitrogens with two attached hydrogens (primary N) is 1. The van der Waals surface area contributed by atoms with Crippen molar-refractivity contribution in [1.29, 1.82) is 0 Å². The molecule has 0 amide bonds. The van der Waals surface area contributed by atoms with Gasteiger partial charge in [-0.2, -0.15) is 0 Å². The molecular weight excluding hydrogens is 190 g/mol. The lowest BCUT2D eigenvalue weighted by Crippen LogP contribution is -2.02. The number of nitrogens with zero attached hydrogens (tertiary/aromatic N) is 2. The van der Waals surface area contributed by atoms with Gasteiger partial charge in [-0.25, -0.2) is 0 Å². The third-order valence-electron chi connectivity index (χ3n) is 2.20. The number of rotatable bonds is 3. The first-order valence-corrected chi connectivity index (χ1v) is 4.89. The minimum Gasteiger partial charge on any atom is -0.421 e. The number of aryl methyl sites for hydroxylation is 1. The van der Waals surface area contributed by atoms with Gasteiger partial charge in [-0.3, -0.25) is 0 Å². The van der Waals surface area contributed by atoms with Crippen molar-refractivity contribution in [1.82, 2.24) is 10.2 Å². The van der Waals surface area contributed by atoms with E-state index in [9.17, 15) is 0 Å². The topological polar surface area (TPSA) is 64.9 Å². The summed E-state index contributed by atoms with van der Waals surface area (Å²) >= 11 is 0. The molecule has 0 bridgehead atoms. The molecule has 0 saturated carbocycles. The molecule has 0 fully saturated rings. The van der Waals surface area contributed by atoms with Gasteiger partial charge in [0.15, 0.2) is 0 Å². The van der Waals surface area contributed by atoms with Crippen LogP contribution in [-0.2, 0) is 6.42 Å². The van der Waals surface area contributed by atoms with Crippen molar-refractivity contribution in [3.05, 3.63) is 35.7 Å². The van der Waals surface area contributed by atoms with Gasteiger partial charge >= 0.3 is 0 Å².